The molecule has 2 amide bonds. The van der Waals surface area contributed by atoms with Gasteiger partial charge in [0, 0.05) is 47.3 Å². The third-order valence-corrected chi connectivity index (χ3v) is 6.79. The molecule has 3 N–H and O–H groups in total. The van der Waals surface area contributed by atoms with Gasteiger partial charge in [-0.3, -0.25) is 9.67 Å². The Labute approximate surface area is 217 Å². The molecular formula is C27H28F3N7O. The number of benzene rings is 2. The Morgan fingerprint density at radius 3 is 2.34 bits per heavy atom. The van der Waals surface area contributed by atoms with Crippen molar-refractivity contribution in [3.05, 3.63) is 66.6 Å². The fraction of sp³-hybridized carbons (Fsp3) is 0.296. The van der Waals surface area contributed by atoms with Crippen LogP contribution in [0.3, 0.4) is 0 Å². The Hall–Kier alpha value is -4.12. The molecular weight excluding hydrogens is 495 g/mol. The summed E-state index contributed by atoms with van der Waals surface area (Å²) in [5.41, 5.74) is 2.45. The molecule has 5 rings (SSSR count). The topological polar surface area (TPSA) is 87.1 Å². The van der Waals surface area contributed by atoms with Gasteiger partial charge in [0.15, 0.2) is 0 Å². The zero-order valence-electron chi connectivity index (χ0n) is 21.0. The summed E-state index contributed by atoms with van der Waals surface area (Å²) >= 11 is 0. The van der Waals surface area contributed by atoms with E-state index in [1.165, 1.54) is 12.1 Å². The van der Waals surface area contributed by atoms with Crippen LogP contribution in [0.5, 0.6) is 0 Å². The largest absolute Gasteiger partial charge is 0.418 e. The molecule has 2 aromatic carbocycles. The number of halogens is 3. The zero-order valence-corrected chi connectivity index (χ0v) is 21.0. The van der Waals surface area contributed by atoms with E-state index >= 15 is 0 Å². The summed E-state index contributed by atoms with van der Waals surface area (Å²) in [5, 5.41) is 13.4. The minimum Gasteiger partial charge on any atom is -0.382 e. The van der Waals surface area contributed by atoms with E-state index in [1.54, 1.807) is 35.4 Å². The van der Waals surface area contributed by atoms with Crippen molar-refractivity contribution in [2.75, 3.05) is 36.1 Å². The van der Waals surface area contributed by atoms with Gasteiger partial charge in [0.05, 0.1) is 23.5 Å². The van der Waals surface area contributed by atoms with E-state index in [2.05, 4.69) is 30.9 Å². The van der Waals surface area contributed by atoms with Crippen LogP contribution in [0.15, 0.2) is 61.1 Å². The highest BCUT2D eigenvalue weighted by Gasteiger charge is 2.34. The fourth-order valence-electron chi connectivity index (χ4n) is 4.67. The number of urea groups is 1. The number of pyridine rings is 1. The molecule has 1 saturated heterocycles. The van der Waals surface area contributed by atoms with Crippen LogP contribution in [-0.2, 0) is 13.2 Å². The summed E-state index contributed by atoms with van der Waals surface area (Å²) in [6.07, 6.45) is 2.24. The van der Waals surface area contributed by atoms with Crippen LogP contribution in [-0.4, -0.2) is 51.9 Å². The Morgan fingerprint density at radius 1 is 0.947 bits per heavy atom. The first-order valence-corrected chi connectivity index (χ1v) is 12.3. The number of nitrogens with zero attached hydrogens (tertiary/aromatic N) is 4. The molecule has 4 aromatic rings. The molecule has 3 heterocycles. The van der Waals surface area contributed by atoms with Crippen molar-refractivity contribution < 1.29 is 18.0 Å². The number of anilines is 3. The SMILES string of the molecule is CN1CCC(Nc2ccc(NC(=O)Nc3ccc(-c4cncc5c4cnn5C)cc3)cc2C(F)(F)F)CC1. The number of hydrogen-bond donors (Lipinski definition) is 3. The first kappa shape index (κ1) is 25.5. The molecule has 0 spiro atoms. The maximum Gasteiger partial charge on any atom is 0.418 e. The number of aromatic nitrogens is 3. The predicted octanol–water partition coefficient (Wildman–Crippen LogP) is 5.80. The van der Waals surface area contributed by atoms with Crippen molar-refractivity contribution in [3.8, 4) is 11.1 Å². The highest BCUT2D eigenvalue weighted by Crippen LogP contribution is 2.37. The summed E-state index contributed by atoms with van der Waals surface area (Å²) in [6.45, 7) is 1.66. The fourth-order valence-corrected chi connectivity index (χ4v) is 4.67. The highest BCUT2D eigenvalue weighted by atomic mass is 19.4. The van der Waals surface area contributed by atoms with Crippen LogP contribution in [0.1, 0.15) is 18.4 Å². The normalized spacial score (nSPS) is 15.0. The molecule has 1 fully saturated rings. The van der Waals surface area contributed by atoms with Crippen LogP contribution >= 0.6 is 0 Å². The Balaban J connectivity index is 1.26. The van der Waals surface area contributed by atoms with Gasteiger partial charge in [-0.25, -0.2) is 4.79 Å². The van der Waals surface area contributed by atoms with Crippen LogP contribution in [0.25, 0.3) is 22.0 Å². The second-order valence-corrected chi connectivity index (χ2v) is 9.52. The summed E-state index contributed by atoms with van der Waals surface area (Å²) < 4.78 is 43.2. The lowest BCUT2D eigenvalue weighted by Gasteiger charge is -2.31. The first-order valence-electron chi connectivity index (χ1n) is 12.3. The number of alkyl halides is 3. The molecule has 0 atom stereocenters. The van der Waals surface area contributed by atoms with Crippen molar-refractivity contribution in [1.29, 1.82) is 0 Å². The van der Waals surface area contributed by atoms with E-state index in [0.29, 0.717) is 5.69 Å². The Bertz CT molecular complexity index is 1440. The molecule has 2 aromatic heterocycles. The number of fused-ring (bicyclic) bond motifs is 1. The minimum atomic E-state index is -4.57. The lowest BCUT2D eigenvalue weighted by Crippen LogP contribution is -2.37. The van der Waals surface area contributed by atoms with Gasteiger partial charge in [0.1, 0.15) is 0 Å². The molecule has 11 heteroatoms. The second kappa shape index (κ2) is 10.3. The van der Waals surface area contributed by atoms with Gasteiger partial charge in [-0.05, 0) is 68.9 Å². The summed E-state index contributed by atoms with van der Waals surface area (Å²) in [7, 11) is 3.84. The number of hydrogen-bond acceptors (Lipinski definition) is 5. The third kappa shape index (κ3) is 5.57. The van der Waals surface area contributed by atoms with Crippen molar-refractivity contribution >= 4 is 34.0 Å². The maximum atomic E-state index is 13.8. The molecule has 0 radical (unpaired) electrons. The summed E-state index contributed by atoms with van der Waals surface area (Å²) in [4.78, 5) is 19.0. The van der Waals surface area contributed by atoms with E-state index in [1.807, 2.05) is 26.2 Å². The number of aryl methyl sites for hydroxylation is 1. The summed E-state index contributed by atoms with van der Waals surface area (Å²) in [6, 6.07) is 10.3. The van der Waals surface area contributed by atoms with Gasteiger partial charge in [-0.2, -0.15) is 18.3 Å². The molecule has 0 bridgehead atoms. The van der Waals surface area contributed by atoms with Gasteiger partial charge in [-0.15, -0.1) is 0 Å². The van der Waals surface area contributed by atoms with Crippen LogP contribution < -0.4 is 16.0 Å². The number of likely N-dealkylation sites (tertiary alicyclic amines) is 1. The lowest BCUT2D eigenvalue weighted by molar-refractivity contribution is -0.136. The predicted molar refractivity (Wildman–Crippen MR) is 142 cm³/mol. The van der Waals surface area contributed by atoms with E-state index in [9.17, 15) is 18.0 Å². The van der Waals surface area contributed by atoms with Gasteiger partial charge < -0.3 is 20.9 Å². The molecule has 1 aliphatic heterocycles. The number of amides is 2. The van der Waals surface area contributed by atoms with E-state index in [4.69, 9.17) is 0 Å². The number of carbonyl (C=O) groups excluding carboxylic acids is 1. The Morgan fingerprint density at radius 2 is 1.63 bits per heavy atom. The molecule has 1 aliphatic rings. The van der Waals surface area contributed by atoms with Crippen molar-refractivity contribution in [2.24, 2.45) is 7.05 Å². The van der Waals surface area contributed by atoms with Gasteiger partial charge in [-0.1, -0.05) is 12.1 Å². The van der Waals surface area contributed by atoms with Crippen LogP contribution in [0, 0.1) is 0 Å². The molecule has 198 valence electrons. The average molecular weight is 524 g/mol. The molecule has 0 unspecified atom stereocenters. The first-order chi connectivity index (χ1) is 18.2. The van der Waals surface area contributed by atoms with Crippen LogP contribution in [0.4, 0.5) is 35.0 Å². The molecule has 0 saturated carbocycles. The van der Waals surface area contributed by atoms with Crippen molar-refractivity contribution in [2.45, 2.75) is 25.1 Å². The van der Waals surface area contributed by atoms with Gasteiger partial charge >= 0.3 is 12.2 Å². The van der Waals surface area contributed by atoms with E-state index in [0.717, 1.165) is 54.0 Å². The lowest BCUT2D eigenvalue weighted by atomic mass is 10.0. The monoisotopic (exact) mass is 523 g/mol. The third-order valence-electron chi connectivity index (χ3n) is 6.79. The van der Waals surface area contributed by atoms with Crippen molar-refractivity contribution in [1.82, 2.24) is 19.7 Å². The number of rotatable bonds is 5. The average Bonchev–Trinajstić information content (AvgIpc) is 3.27. The smallest absolute Gasteiger partial charge is 0.382 e. The van der Waals surface area contributed by atoms with Gasteiger partial charge in [0.2, 0.25) is 0 Å². The quantitative estimate of drug-likeness (QED) is 0.308. The van der Waals surface area contributed by atoms with Gasteiger partial charge in [0.25, 0.3) is 0 Å². The van der Waals surface area contributed by atoms with E-state index < -0.39 is 17.8 Å². The second-order valence-electron chi connectivity index (χ2n) is 9.52. The maximum absolute atomic E-state index is 13.8. The summed E-state index contributed by atoms with van der Waals surface area (Å²) in [5.74, 6) is 0. The molecule has 38 heavy (non-hydrogen) atoms. The molecule has 8 nitrogen and oxygen atoms in total. The number of carbonyl (C=O) groups is 1. The van der Waals surface area contributed by atoms with Crippen LogP contribution in [0.2, 0.25) is 0 Å². The standard InChI is InChI=1S/C27H28F3N7O/c1-36-11-9-19(10-12-36)33-24-8-7-20(13-23(24)27(28,29)30)35-26(38)34-18-5-3-17(4-6-18)21-14-31-16-25-22(21)15-32-37(25)2/h3-8,13-16,19,33H,9-12H2,1-2H3,(H2,34,35,38). The zero-order chi connectivity index (χ0) is 26.9. The Kier molecular flexibility index (Phi) is 6.94. The van der Waals surface area contributed by atoms with Crippen molar-refractivity contribution in [3.63, 3.8) is 0 Å². The minimum absolute atomic E-state index is 0.0201. The van der Waals surface area contributed by atoms with E-state index in [-0.39, 0.29) is 17.4 Å². The highest BCUT2D eigenvalue weighted by molar-refractivity contribution is 6.00. The number of nitrogens with one attached hydrogen (secondary N) is 3. The molecule has 0 aliphatic carbocycles. The number of piperidine rings is 1.